The summed E-state index contributed by atoms with van der Waals surface area (Å²) in [5.41, 5.74) is 1.32. The van der Waals surface area contributed by atoms with E-state index in [1.165, 1.54) is 69.7 Å². The monoisotopic (exact) mass is 304 g/mol. The van der Waals surface area contributed by atoms with Crippen LogP contribution in [0.1, 0.15) is 62.9 Å². The molecule has 1 aromatic rings. The first-order chi connectivity index (χ1) is 10.9. The molecule has 124 valence electrons. The molecular weight excluding hydrogens is 272 g/mol. The number of imidazole rings is 1. The first-order valence-electron chi connectivity index (χ1n) is 9.36. The minimum absolute atomic E-state index is 0.662. The van der Waals surface area contributed by atoms with Gasteiger partial charge in [0.1, 0.15) is 5.82 Å². The Kier molecular flexibility index (Phi) is 5.90. The third-order valence-electron chi connectivity index (χ3n) is 5.20. The fraction of sp³-hybridized carbons (Fsp3) is 0.833. The van der Waals surface area contributed by atoms with Crippen molar-refractivity contribution >= 4 is 0 Å². The van der Waals surface area contributed by atoms with Gasteiger partial charge in [0, 0.05) is 25.2 Å². The molecule has 0 saturated carbocycles. The number of piperidine rings is 1. The zero-order valence-corrected chi connectivity index (χ0v) is 14.2. The number of likely N-dealkylation sites (tertiary alicyclic amines) is 1. The van der Waals surface area contributed by atoms with Crippen molar-refractivity contribution in [2.75, 3.05) is 32.7 Å². The molecule has 22 heavy (non-hydrogen) atoms. The van der Waals surface area contributed by atoms with Gasteiger partial charge in [-0.15, -0.1) is 0 Å². The average molecular weight is 304 g/mol. The van der Waals surface area contributed by atoms with Gasteiger partial charge in [0.15, 0.2) is 0 Å². The molecule has 4 nitrogen and oxygen atoms in total. The summed E-state index contributed by atoms with van der Waals surface area (Å²) in [6.07, 6.45) is 11.3. The molecule has 0 aromatic carbocycles. The van der Waals surface area contributed by atoms with Gasteiger partial charge in [-0.3, -0.25) is 0 Å². The van der Waals surface area contributed by atoms with E-state index < -0.39 is 0 Å². The lowest BCUT2D eigenvalue weighted by Crippen LogP contribution is -2.29. The lowest BCUT2D eigenvalue weighted by molar-refractivity contribution is 0.316. The second kappa shape index (κ2) is 8.11. The van der Waals surface area contributed by atoms with Crippen molar-refractivity contribution in [3.05, 3.63) is 17.7 Å². The number of aromatic nitrogens is 2. The highest BCUT2D eigenvalue weighted by Crippen LogP contribution is 2.25. The predicted molar refractivity (Wildman–Crippen MR) is 91.4 cm³/mol. The van der Waals surface area contributed by atoms with E-state index in [0.29, 0.717) is 5.92 Å². The van der Waals surface area contributed by atoms with Crippen LogP contribution in [-0.4, -0.2) is 47.2 Å². The van der Waals surface area contributed by atoms with Crippen molar-refractivity contribution in [2.24, 2.45) is 0 Å². The maximum atomic E-state index is 5.03. The van der Waals surface area contributed by atoms with E-state index in [4.69, 9.17) is 4.98 Å². The molecule has 0 bridgehead atoms. The maximum absolute atomic E-state index is 5.03. The molecule has 2 aliphatic heterocycles. The van der Waals surface area contributed by atoms with Crippen molar-refractivity contribution in [3.8, 4) is 0 Å². The van der Waals surface area contributed by atoms with E-state index >= 15 is 0 Å². The van der Waals surface area contributed by atoms with Crippen LogP contribution >= 0.6 is 0 Å². The van der Waals surface area contributed by atoms with Gasteiger partial charge in [0.2, 0.25) is 0 Å². The number of nitrogens with zero attached hydrogens (tertiary/aromatic N) is 3. The van der Waals surface area contributed by atoms with Crippen LogP contribution in [0, 0.1) is 0 Å². The summed E-state index contributed by atoms with van der Waals surface area (Å²) >= 11 is 0. The standard InChI is InChI=1S/C18H32N4/c1-2-3-6-17-15-22(14-13-21-11-4-5-12-21)18(20-17)16-7-9-19-10-8-16/h15-16,19H,2-14H2,1H3. The summed E-state index contributed by atoms with van der Waals surface area (Å²) in [6, 6.07) is 0. The van der Waals surface area contributed by atoms with Crippen LogP contribution in [-0.2, 0) is 13.0 Å². The van der Waals surface area contributed by atoms with Gasteiger partial charge in [-0.2, -0.15) is 0 Å². The maximum Gasteiger partial charge on any atom is 0.112 e. The van der Waals surface area contributed by atoms with E-state index in [1.807, 2.05) is 0 Å². The van der Waals surface area contributed by atoms with Crippen LogP contribution in [0.25, 0.3) is 0 Å². The average Bonchev–Trinajstić information content (AvgIpc) is 3.21. The quantitative estimate of drug-likeness (QED) is 0.841. The summed E-state index contributed by atoms with van der Waals surface area (Å²) < 4.78 is 2.49. The van der Waals surface area contributed by atoms with Crippen molar-refractivity contribution in [1.82, 2.24) is 19.8 Å². The number of rotatable bonds is 7. The molecule has 0 unspecified atom stereocenters. The number of aryl methyl sites for hydroxylation is 1. The van der Waals surface area contributed by atoms with Gasteiger partial charge >= 0.3 is 0 Å². The fourth-order valence-corrected chi connectivity index (χ4v) is 3.80. The van der Waals surface area contributed by atoms with Gasteiger partial charge < -0.3 is 14.8 Å². The molecule has 0 radical (unpaired) electrons. The van der Waals surface area contributed by atoms with Crippen molar-refractivity contribution in [3.63, 3.8) is 0 Å². The Hall–Kier alpha value is -0.870. The van der Waals surface area contributed by atoms with Gasteiger partial charge in [-0.25, -0.2) is 4.98 Å². The highest BCUT2D eigenvalue weighted by atomic mass is 15.2. The Morgan fingerprint density at radius 3 is 2.68 bits per heavy atom. The van der Waals surface area contributed by atoms with Gasteiger partial charge in [-0.05, 0) is 64.7 Å². The molecule has 1 aromatic heterocycles. The van der Waals surface area contributed by atoms with E-state index in [1.54, 1.807) is 0 Å². The molecule has 1 N–H and O–H groups in total. The normalized spacial score (nSPS) is 20.8. The fourth-order valence-electron chi connectivity index (χ4n) is 3.80. The zero-order chi connectivity index (χ0) is 15.2. The number of hydrogen-bond donors (Lipinski definition) is 1. The third-order valence-corrected chi connectivity index (χ3v) is 5.20. The second-order valence-corrected chi connectivity index (χ2v) is 6.96. The molecule has 0 amide bonds. The van der Waals surface area contributed by atoms with Crippen LogP contribution in [0.4, 0.5) is 0 Å². The number of hydrogen-bond acceptors (Lipinski definition) is 3. The van der Waals surface area contributed by atoms with Crippen molar-refractivity contribution in [2.45, 2.75) is 64.3 Å². The van der Waals surface area contributed by atoms with Crippen LogP contribution in [0.5, 0.6) is 0 Å². The van der Waals surface area contributed by atoms with E-state index in [9.17, 15) is 0 Å². The van der Waals surface area contributed by atoms with E-state index in [0.717, 1.165) is 26.1 Å². The van der Waals surface area contributed by atoms with Crippen molar-refractivity contribution < 1.29 is 0 Å². The first-order valence-corrected chi connectivity index (χ1v) is 9.36. The molecular formula is C18H32N4. The molecule has 2 saturated heterocycles. The predicted octanol–water partition coefficient (Wildman–Crippen LogP) is 2.79. The van der Waals surface area contributed by atoms with Crippen LogP contribution in [0.15, 0.2) is 6.20 Å². The summed E-state index contributed by atoms with van der Waals surface area (Å²) in [6.45, 7) is 9.46. The molecule has 3 heterocycles. The summed E-state index contributed by atoms with van der Waals surface area (Å²) in [4.78, 5) is 7.64. The third kappa shape index (κ3) is 4.11. The minimum atomic E-state index is 0.662. The Bertz CT molecular complexity index is 442. The Morgan fingerprint density at radius 1 is 1.18 bits per heavy atom. The highest BCUT2D eigenvalue weighted by Gasteiger charge is 2.21. The summed E-state index contributed by atoms with van der Waals surface area (Å²) in [5.74, 6) is 2.03. The zero-order valence-electron chi connectivity index (χ0n) is 14.2. The smallest absolute Gasteiger partial charge is 0.112 e. The second-order valence-electron chi connectivity index (χ2n) is 6.96. The molecule has 0 spiro atoms. The van der Waals surface area contributed by atoms with Crippen LogP contribution in [0.2, 0.25) is 0 Å². The Labute approximate surface area is 135 Å². The summed E-state index contributed by atoms with van der Waals surface area (Å²) in [5, 5.41) is 3.48. The van der Waals surface area contributed by atoms with Gasteiger partial charge in [0.05, 0.1) is 5.69 Å². The van der Waals surface area contributed by atoms with Crippen molar-refractivity contribution in [1.29, 1.82) is 0 Å². The lowest BCUT2D eigenvalue weighted by atomic mass is 9.97. The first kappa shape index (κ1) is 16.0. The molecule has 4 heteroatoms. The molecule has 0 aliphatic carbocycles. The van der Waals surface area contributed by atoms with Gasteiger partial charge in [-0.1, -0.05) is 13.3 Å². The molecule has 0 atom stereocenters. The van der Waals surface area contributed by atoms with E-state index in [2.05, 4.69) is 27.9 Å². The largest absolute Gasteiger partial charge is 0.333 e. The number of unbranched alkanes of at least 4 members (excludes halogenated alkanes) is 1. The number of nitrogens with one attached hydrogen (secondary N) is 1. The minimum Gasteiger partial charge on any atom is -0.333 e. The topological polar surface area (TPSA) is 33.1 Å². The Morgan fingerprint density at radius 2 is 1.95 bits per heavy atom. The highest BCUT2D eigenvalue weighted by molar-refractivity contribution is 5.10. The Balaban J connectivity index is 1.67. The molecule has 3 rings (SSSR count). The lowest BCUT2D eigenvalue weighted by Gasteiger charge is -2.24. The summed E-state index contributed by atoms with van der Waals surface area (Å²) in [7, 11) is 0. The van der Waals surface area contributed by atoms with E-state index in [-0.39, 0.29) is 0 Å². The van der Waals surface area contributed by atoms with Crippen LogP contribution in [0.3, 0.4) is 0 Å². The molecule has 2 aliphatic rings. The van der Waals surface area contributed by atoms with Gasteiger partial charge in [0.25, 0.3) is 0 Å². The SMILES string of the molecule is CCCCc1cn(CCN2CCCC2)c(C2CCNCC2)n1. The molecule has 2 fully saturated rings. The van der Waals surface area contributed by atoms with Crippen LogP contribution < -0.4 is 5.32 Å².